The van der Waals surface area contributed by atoms with Crippen molar-refractivity contribution in [3.05, 3.63) is 12.3 Å². The summed E-state index contributed by atoms with van der Waals surface area (Å²) in [6, 6.07) is 0. The van der Waals surface area contributed by atoms with E-state index in [0.29, 0.717) is 12.8 Å². The van der Waals surface area contributed by atoms with Crippen molar-refractivity contribution in [3.8, 4) is 0 Å². The maximum atomic E-state index is 13.5. The Morgan fingerprint density at radius 1 is 0.426 bits per heavy atom. The van der Waals surface area contributed by atoms with Gasteiger partial charge in [-0.15, -0.1) is 0 Å². The Morgan fingerprint density at radius 2 is 0.676 bits per heavy atom. The van der Waals surface area contributed by atoms with Crippen molar-refractivity contribution in [2.45, 2.75) is 122 Å². The van der Waals surface area contributed by atoms with E-state index in [4.69, 9.17) is 47.4 Å². The van der Waals surface area contributed by atoms with E-state index in [9.17, 15) is 34.2 Å². The lowest BCUT2D eigenvalue weighted by atomic mass is 9.72. The fourth-order valence-electron chi connectivity index (χ4n) is 7.86. The summed E-state index contributed by atoms with van der Waals surface area (Å²) in [5.41, 5.74) is -1.72. The highest BCUT2D eigenvalue weighted by molar-refractivity contribution is 5.77. The predicted octanol–water partition coefficient (Wildman–Crippen LogP) is 7.65. The molecule has 6 unspecified atom stereocenters. The number of rotatable bonds is 4. The zero-order valence-electron chi connectivity index (χ0n) is 43.7. The average molecular weight is 975 g/mol. The Bertz CT molecular complexity index is 1380. The number of aliphatic hydroxyl groups is 1. The van der Waals surface area contributed by atoms with Crippen molar-refractivity contribution in [2.75, 3.05) is 106 Å². The van der Waals surface area contributed by atoms with Gasteiger partial charge < -0.3 is 57.6 Å². The molecule has 0 radical (unpaired) electrons. The Balaban J connectivity index is 3.05. The Labute approximate surface area is 407 Å². The minimum atomic E-state index is -1.11. The number of esters is 4. The van der Waals surface area contributed by atoms with Crippen LogP contribution >= 0.6 is 0 Å². The molecule has 2 N–H and O–H groups in total. The van der Waals surface area contributed by atoms with Crippen LogP contribution in [0.25, 0.3) is 0 Å². The standard InChI is InChI=1S/C51H90O17/c1-36(52)37-30-39(34-48(2,3)4)44(55)65-26-22-61-18-14-59-15-19-62-23-27-66-45(56)40(35-49(5,6)7)31-38(43(53)54)33-42(51(11,12)13)47(58)68-29-25-64-21-17-60-16-20-63-24-28-67-46(57)41(32-37)50(8,9)10/h37-42,52H,1,14-35H2,2-13H3,(H,53,54). The molecule has 1 fully saturated rings. The van der Waals surface area contributed by atoms with Crippen LogP contribution in [0.1, 0.15) is 122 Å². The zero-order valence-corrected chi connectivity index (χ0v) is 43.7. The van der Waals surface area contributed by atoms with Gasteiger partial charge in [-0.2, -0.15) is 0 Å². The maximum Gasteiger partial charge on any atom is 0.309 e. The molecule has 17 nitrogen and oxygen atoms in total. The van der Waals surface area contributed by atoms with E-state index in [1.165, 1.54) is 0 Å². The molecular weight excluding hydrogens is 885 g/mol. The van der Waals surface area contributed by atoms with Crippen LogP contribution in [0.5, 0.6) is 0 Å². The van der Waals surface area contributed by atoms with Crippen molar-refractivity contribution in [3.63, 3.8) is 0 Å². The molecule has 0 saturated carbocycles. The van der Waals surface area contributed by atoms with Crippen LogP contribution < -0.4 is 0 Å². The zero-order chi connectivity index (χ0) is 51.6. The summed E-state index contributed by atoms with van der Waals surface area (Å²) in [4.78, 5) is 66.3. The highest BCUT2D eigenvalue weighted by Gasteiger charge is 2.40. The van der Waals surface area contributed by atoms with Crippen LogP contribution in [-0.2, 0) is 71.3 Å². The van der Waals surface area contributed by atoms with Crippen LogP contribution in [-0.4, -0.2) is 146 Å². The van der Waals surface area contributed by atoms with Crippen molar-refractivity contribution < 1.29 is 81.6 Å². The van der Waals surface area contributed by atoms with Crippen LogP contribution in [0.15, 0.2) is 12.3 Å². The highest BCUT2D eigenvalue weighted by Crippen LogP contribution is 2.39. The minimum absolute atomic E-state index is 0.0107. The van der Waals surface area contributed by atoms with Crippen LogP contribution in [0.2, 0.25) is 0 Å². The Morgan fingerprint density at radius 3 is 0.926 bits per heavy atom. The number of hydrogen-bond acceptors (Lipinski definition) is 16. The van der Waals surface area contributed by atoms with E-state index in [-0.39, 0.29) is 148 Å². The van der Waals surface area contributed by atoms with E-state index in [2.05, 4.69) is 6.58 Å². The molecule has 1 saturated heterocycles. The fraction of sp³-hybridized carbons (Fsp3) is 0.863. The summed E-state index contributed by atoms with van der Waals surface area (Å²) in [6.45, 7) is 29.5. The summed E-state index contributed by atoms with van der Waals surface area (Å²) < 4.78 is 56.0. The molecule has 0 amide bonds. The number of hydrogen-bond donors (Lipinski definition) is 2. The third kappa shape index (κ3) is 29.0. The predicted molar refractivity (Wildman–Crippen MR) is 255 cm³/mol. The molecule has 68 heavy (non-hydrogen) atoms. The molecular formula is C51H90O17. The molecule has 1 heterocycles. The van der Waals surface area contributed by atoms with Crippen molar-refractivity contribution >= 4 is 29.8 Å². The molecule has 6 atom stereocenters. The second kappa shape index (κ2) is 31.8. The van der Waals surface area contributed by atoms with Gasteiger partial charge in [0.1, 0.15) is 26.4 Å². The molecule has 0 spiro atoms. The van der Waals surface area contributed by atoms with Crippen LogP contribution in [0, 0.1) is 57.2 Å². The third-order valence-electron chi connectivity index (χ3n) is 11.4. The van der Waals surface area contributed by atoms with Crippen LogP contribution in [0.3, 0.4) is 0 Å². The van der Waals surface area contributed by atoms with E-state index < -0.39 is 76.2 Å². The fourth-order valence-corrected chi connectivity index (χ4v) is 7.86. The first kappa shape index (κ1) is 62.7. The number of ether oxygens (including phenoxy) is 10. The van der Waals surface area contributed by atoms with Gasteiger partial charge in [-0.05, 0) is 60.2 Å². The first-order valence-electron chi connectivity index (χ1n) is 24.4. The Kier molecular flexibility index (Phi) is 29.3. The minimum Gasteiger partial charge on any atom is -0.513 e. The lowest BCUT2D eigenvalue weighted by molar-refractivity contribution is -0.158. The van der Waals surface area contributed by atoms with E-state index in [1.54, 1.807) is 0 Å². The number of carboxylic acids is 1. The smallest absolute Gasteiger partial charge is 0.309 e. The lowest BCUT2D eigenvalue weighted by Gasteiger charge is -2.33. The summed E-state index contributed by atoms with van der Waals surface area (Å²) >= 11 is 0. The van der Waals surface area contributed by atoms with Crippen LogP contribution in [0.4, 0.5) is 0 Å². The number of carbonyl (C=O) groups excluding carboxylic acids is 4. The van der Waals surface area contributed by atoms with Crippen molar-refractivity contribution in [1.82, 2.24) is 0 Å². The largest absolute Gasteiger partial charge is 0.513 e. The van der Waals surface area contributed by atoms with Crippen molar-refractivity contribution in [1.29, 1.82) is 0 Å². The Hall–Kier alpha value is -3.35. The molecule has 0 aromatic heterocycles. The highest BCUT2D eigenvalue weighted by atomic mass is 16.6. The lowest BCUT2D eigenvalue weighted by Crippen LogP contribution is -2.36. The van der Waals surface area contributed by atoms with Crippen molar-refractivity contribution in [2.24, 2.45) is 57.2 Å². The van der Waals surface area contributed by atoms with Gasteiger partial charge in [0.2, 0.25) is 0 Å². The quantitative estimate of drug-likeness (QED) is 0.157. The molecule has 1 aliphatic rings. The molecule has 1 aliphatic heterocycles. The van der Waals surface area contributed by atoms with Gasteiger partial charge in [-0.25, -0.2) is 0 Å². The SMILES string of the molecule is C=C(O)C1CC(CC(C)(C)C)C(=O)OCCOCCOCCOCCOC(=O)C(CC(C)(C)C)CC(C(=O)O)CC(C(C)(C)C)C(=O)OCCOCCOCCOCCOC(=O)C(C(C)(C)C)C1. The second-order valence-electron chi connectivity index (χ2n) is 22.3. The van der Waals surface area contributed by atoms with Gasteiger partial charge in [0.25, 0.3) is 0 Å². The van der Waals surface area contributed by atoms with Gasteiger partial charge in [0.15, 0.2) is 0 Å². The first-order chi connectivity index (χ1) is 31.6. The number of allylic oxidation sites excluding steroid dienone is 1. The topological polar surface area (TPSA) is 218 Å². The third-order valence-corrected chi connectivity index (χ3v) is 11.4. The number of aliphatic hydroxyl groups excluding tert-OH is 1. The summed E-state index contributed by atoms with van der Waals surface area (Å²) in [7, 11) is 0. The monoisotopic (exact) mass is 975 g/mol. The van der Waals surface area contributed by atoms with Gasteiger partial charge >= 0.3 is 29.8 Å². The van der Waals surface area contributed by atoms with E-state index in [1.807, 2.05) is 83.1 Å². The second-order valence-corrected chi connectivity index (χ2v) is 22.3. The average Bonchev–Trinajstić information content (AvgIpc) is 3.20. The maximum absolute atomic E-state index is 13.5. The molecule has 0 aliphatic carbocycles. The van der Waals surface area contributed by atoms with Gasteiger partial charge in [-0.1, -0.05) is 89.7 Å². The van der Waals surface area contributed by atoms with Gasteiger partial charge in [0.05, 0.1) is 115 Å². The summed E-state index contributed by atoms with van der Waals surface area (Å²) in [5.74, 6) is -7.44. The molecule has 0 bridgehead atoms. The molecule has 396 valence electrons. The van der Waals surface area contributed by atoms with E-state index >= 15 is 0 Å². The summed E-state index contributed by atoms with van der Waals surface area (Å²) in [5, 5.41) is 21.1. The number of cyclic esters (lactones) is 4. The molecule has 0 aromatic rings. The van der Waals surface area contributed by atoms with Gasteiger partial charge in [0, 0.05) is 5.92 Å². The first-order valence-corrected chi connectivity index (χ1v) is 24.4. The number of carboxylic acid groups (broad SMARTS) is 1. The summed E-state index contributed by atoms with van der Waals surface area (Å²) in [6.07, 6.45) is 1.27. The molecule has 17 heteroatoms. The number of aliphatic carboxylic acids is 1. The molecule has 0 aromatic carbocycles. The molecule has 1 rings (SSSR count). The van der Waals surface area contributed by atoms with Gasteiger partial charge in [-0.3, -0.25) is 24.0 Å². The normalized spacial score (nSPS) is 26.2. The number of carbonyl (C=O) groups is 5. The van der Waals surface area contributed by atoms with E-state index in [0.717, 1.165) is 0 Å².